The number of nitrogens with two attached hydrogens (primary N) is 1. The summed E-state index contributed by atoms with van der Waals surface area (Å²) in [6.45, 7) is 2.03. The van der Waals surface area contributed by atoms with Crippen molar-refractivity contribution in [3.8, 4) is 0 Å². The van der Waals surface area contributed by atoms with Crippen molar-refractivity contribution >= 4 is 11.0 Å². The quantitative estimate of drug-likeness (QED) is 0.777. The van der Waals surface area contributed by atoms with Gasteiger partial charge < -0.3 is 10.3 Å². The Morgan fingerprint density at radius 2 is 1.68 bits per heavy atom. The number of fused-ring (bicyclic) bond motifs is 1. The van der Waals surface area contributed by atoms with E-state index >= 15 is 0 Å². The Hall–Kier alpha value is -2.13. The molecule has 0 bridgehead atoms. The monoisotopic (exact) mass is 251 g/mol. The number of hydrogen-bond donors (Lipinski definition) is 1. The SMILES string of the molecule is CC(N)C(c1ccccc1)n1cnc2ccccc21. The van der Waals surface area contributed by atoms with Crippen LogP contribution in [0.5, 0.6) is 0 Å². The van der Waals surface area contributed by atoms with Crippen LogP contribution < -0.4 is 5.73 Å². The van der Waals surface area contributed by atoms with Gasteiger partial charge in [0.25, 0.3) is 0 Å². The van der Waals surface area contributed by atoms with Gasteiger partial charge in [-0.1, -0.05) is 42.5 Å². The van der Waals surface area contributed by atoms with Crippen LogP contribution in [0.4, 0.5) is 0 Å². The van der Waals surface area contributed by atoms with Gasteiger partial charge in [0.2, 0.25) is 0 Å². The summed E-state index contributed by atoms with van der Waals surface area (Å²) >= 11 is 0. The molecule has 3 heteroatoms. The van der Waals surface area contributed by atoms with Gasteiger partial charge in [0.15, 0.2) is 0 Å². The summed E-state index contributed by atoms with van der Waals surface area (Å²) in [5.74, 6) is 0. The third-order valence-corrected chi connectivity index (χ3v) is 3.42. The number of imidazole rings is 1. The number of nitrogens with zero attached hydrogens (tertiary/aromatic N) is 2. The molecule has 19 heavy (non-hydrogen) atoms. The van der Waals surface area contributed by atoms with Crippen LogP contribution in [0.15, 0.2) is 60.9 Å². The maximum absolute atomic E-state index is 6.20. The summed E-state index contributed by atoms with van der Waals surface area (Å²) < 4.78 is 2.16. The summed E-state index contributed by atoms with van der Waals surface area (Å²) in [7, 11) is 0. The fourth-order valence-electron chi connectivity index (χ4n) is 2.57. The molecule has 2 aromatic carbocycles. The van der Waals surface area contributed by atoms with Gasteiger partial charge in [0, 0.05) is 6.04 Å². The molecule has 2 atom stereocenters. The van der Waals surface area contributed by atoms with Crippen molar-refractivity contribution in [1.29, 1.82) is 0 Å². The standard InChI is InChI=1S/C16H17N3/c1-12(17)16(13-7-3-2-4-8-13)19-11-18-14-9-5-6-10-15(14)19/h2-12,16H,17H2,1H3. The molecule has 0 aliphatic carbocycles. The second kappa shape index (κ2) is 4.86. The van der Waals surface area contributed by atoms with Crippen molar-refractivity contribution in [2.75, 3.05) is 0 Å². The highest BCUT2D eigenvalue weighted by Gasteiger charge is 2.19. The molecule has 96 valence electrons. The number of aromatic nitrogens is 2. The number of benzene rings is 2. The maximum atomic E-state index is 6.20. The fraction of sp³-hybridized carbons (Fsp3) is 0.188. The van der Waals surface area contributed by atoms with Gasteiger partial charge in [-0.25, -0.2) is 4.98 Å². The van der Waals surface area contributed by atoms with Gasteiger partial charge in [0.1, 0.15) is 0 Å². The first kappa shape index (κ1) is 11.9. The second-order valence-electron chi connectivity index (χ2n) is 4.86. The van der Waals surface area contributed by atoms with E-state index in [0.29, 0.717) is 0 Å². The Morgan fingerprint density at radius 1 is 1.00 bits per heavy atom. The molecule has 0 aliphatic rings. The van der Waals surface area contributed by atoms with Gasteiger partial charge in [-0.05, 0) is 24.6 Å². The molecule has 2 N–H and O–H groups in total. The maximum Gasteiger partial charge on any atom is 0.0964 e. The molecule has 0 saturated carbocycles. The highest BCUT2D eigenvalue weighted by molar-refractivity contribution is 5.75. The van der Waals surface area contributed by atoms with Gasteiger partial charge in [-0.2, -0.15) is 0 Å². The van der Waals surface area contributed by atoms with E-state index in [1.165, 1.54) is 5.56 Å². The molecule has 2 unspecified atom stereocenters. The normalized spacial score (nSPS) is 14.4. The van der Waals surface area contributed by atoms with Crippen LogP contribution in [-0.2, 0) is 0 Å². The molecule has 0 amide bonds. The van der Waals surface area contributed by atoms with Crippen molar-refractivity contribution in [3.05, 3.63) is 66.5 Å². The molecule has 3 nitrogen and oxygen atoms in total. The lowest BCUT2D eigenvalue weighted by atomic mass is 10.0. The third-order valence-electron chi connectivity index (χ3n) is 3.42. The zero-order valence-electron chi connectivity index (χ0n) is 10.9. The lowest BCUT2D eigenvalue weighted by molar-refractivity contribution is 0.507. The molecule has 0 saturated heterocycles. The lowest BCUT2D eigenvalue weighted by Gasteiger charge is -2.23. The molecule has 1 aromatic heterocycles. The van der Waals surface area contributed by atoms with E-state index in [9.17, 15) is 0 Å². The summed E-state index contributed by atoms with van der Waals surface area (Å²) in [6, 6.07) is 18.6. The van der Waals surface area contributed by atoms with Crippen LogP contribution in [0, 0.1) is 0 Å². The van der Waals surface area contributed by atoms with E-state index in [0.717, 1.165) is 11.0 Å². The van der Waals surface area contributed by atoms with Crippen molar-refractivity contribution < 1.29 is 0 Å². The minimum Gasteiger partial charge on any atom is -0.326 e. The third kappa shape index (κ3) is 2.13. The second-order valence-corrected chi connectivity index (χ2v) is 4.86. The highest BCUT2D eigenvalue weighted by atomic mass is 15.1. The van der Waals surface area contributed by atoms with E-state index in [1.54, 1.807) is 0 Å². The van der Waals surface area contributed by atoms with Crippen molar-refractivity contribution in [2.24, 2.45) is 5.73 Å². The van der Waals surface area contributed by atoms with Crippen molar-refractivity contribution in [1.82, 2.24) is 9.55 Å². The van der Waals surface area contributed by atoms with Crippen LogP contribution in [-0.4, -0.2) is 15.6 Å². The van der Waals surface area contributed by atoms with E-state index in [1.807, 2.05) is 49.6 Å². The molecule has 0 aliphatic heterocycles. The Balaban J connectivity index is 2.16. The largest absolute Gasteiger partial charge is 0.326 e. The lowest BCUT2D eigenvalue weighted by Crippen LogP contribution is -2.29. The molecule has 1 heterocycles. The molecule has 0 radical (unpaired) electrons. The van der Waals surface area contributed by atoms with Crippen LogP contribution in [0.1, 0.15) is 18.5 Å². The van der Waals surface area contributed by atoms with Gasteiger partial charge >= 0.3 is 0 Å². The predicted molar refractivity (Wildman–Crippen MR) is 78.0 cm³/mol. The minimum absolute atomic E-state index is 0.0139. The molecule has 0 fully saturated rings. The Morgan fingerprint density at radius 3 is 2.42 bits per heavy atom. The number of para-hydroxylation sites is 2. The Kier molecular flexibility index (Phi) is 3.05. The number of rotatable bonds is 3. The zero-order chi connectivity index (χ0) is 13.2. The smallest absolute Gasteiger partial charge is 0.0964 e. The molecule has 3 aromatic rings. The average Bonchev–Trinajstić information content (AvgIpc) is 2.84. The molecular weight excluding hydrogens is 234 g/mol. The van der Waals surface area contributed by atoms with Crippen LogP contribution in [0.25, 0.3) is 11.0 Å². The van der Waals surface area contributed by atoms with Gasteiger partial charge in [-0.15, -0.1) is 0 Å². The predicted octanol–water partition coefficient (Wildman–Crippen LogP) is 2.97. The van der Waals surface area contributed by atoms with Crippen molar-refractivity contribution in [3.63, 3.8) is 0 Å². The van der Waals surface area contributed by atoms with E-state index < -0.39 is 0 Å². The van der Waals surface area contributed by atoms with Crippen LogP contribution >= 0.6 is 0 Å². The van der Waals surface area contributed by atoms with Crippen molar-refractivity contribution in [2.45, 2.75) is 19.0 Å². The molecular formula is C16H17N3. The fourth-order valence-corrected chi connectivity index (χ4v) is 2.57. The molecule has 0 spiro atoms. The Labute approximate surface area is 112 Å². The van der Waals surface area contributed by atoms with Gasteiger partial charge in [-0.3, -0.25) is 0 Å². The topological polar surface area (TPSA) is 43.8 Å². The summed E-state index contributed by atoms with van der Waals surface area (Å²) in [5, 5.41) is 0. The van der Waals surface area contributed by atoms with E-state index in [-0.39, 0.29) is 12.1 Å². The van der Waals surface area contributed by atoms with Gasteiger partial charge in [0.05, 0.1) is 23.4 Å². The first-order valence-corrected chi connectivity index (χ1v) is 6.49. The van der Waals surface area contributed by atoms with Crippen LogP contribution in [0.2, 0.25) is 0 Å². The Bertz CT molecular complexity index is 671. The van der Waals surface area contributed by atoms with Crippen LogP contribution in [0.3, 0.4) is 0 Å². The van der Waals surface area contributed by atoms with E-state index in [4.69, 9.17) is 5.73 Å². The minimum atomic E-state index is 0.0139. The highest BCUT2D eigenvalue weighted by Crippen LogP contribution is 2.25. The summed E-state index contributed by atoms with van der Waals surface area (Å²) in [6.07, 6.45) is 1.88. The summed E-state index contributed by atoms with van der Waals surface area (Å²) in [5.41, 5.74) is 9.53. The van der Waals surface area contributed by atoms with E-state index in [2.05, 4.69) is 27.8 Å². The first-order valence-electron chi connectivity index (χ1n) is 6.49. The first-order chi connectivity index (χ1) is 9.27. The zero-order valence-corrected chi connectivity index (χ0v) is 10.9. The average molecular weight is 251 g/mol. The summed E-state index contributed by atoms with van der Waals surface area (Å²) in [4.78, 5) is 4.45. The number of hydrogen-bond acceptors (Lipinski definition) is 2. The molecule has 3 rings (SSSR count).